The van der Waals surface area contributed by atoms with Gasteiger partial charge in [0.1, 0.15) is 0 Å². The molecule has 0 aliphatic rings. The monoisotopic (exact) mass is 378 g/mol. The van der Waals surface area contributed by atoms with Gasteiger partial charge in [-0.25, -0.2) is 0 Å². The normalized spacial score (nSPS) is 9.62. The van der Waals surface area contributed by atoms with Crippen molar-refractivity contribution in [2.75, 3.05) is 0 Å². The average Bonchev–Trinajstić information content (AvgIpc) is 2.24. The van der Waals surface area contributed by atoms with Gasteiger partial charge < -0.3 is 0 Å². The summed E-state index contributed by atoms with van der Waals surface area (Å²) < 4.78 is 2.36. The number of hydrogen-bond donors (Lipinski definition) is 0. The van der Waals surface area contributed by atoms with E-state index in [1.165, 1.54) is 19.6 Å². The summed E-state index contributed by atoms with van der Waals surface area (Å²) in [5.74, 6) is 0. The van der Waals surface area contributed by atoms with Crippen molar-refractivity contribution in [1.82, 2.24) is 0 Å². The largest absolute Gasteiger partial charge is 0.147 e. The fraction of sp³-hybridized carbons (Fsp3) is 0. The molecule has 0 aromatic heterocycles. The predicted molar refractivity (Wildman–Crippen MR) is 83.1 cm³/mol. The molecule has 0 fully saturated rings. The van der Waals surface area contributed by atoms with E-state index in [2.05, 4.69) is 68.3 Å². The zero-order valence-corrected chi connectivity index (χ0v) is 13.3. The molecule has 0 aliphatic heterocycles. The molecule has 0 unspecified atom stereocenters. The Morgan fingerprint density at radius 2 is 1.06 bits per heavy atom. The molecule has 0 spiro atoms. The van der Waals surface area contributed by atoms with E-state index in [0.29, 0.717) is 8.58 Å². The van der Waals surface area contributed by atoms with Gasteiger partial charge in [0.15, 0.2) is 0 Å². The Morgan fingerprint density at radius 3 is 1.44 bits per heavy atom. The number of hydrogen-bond acceptors (Lipinski definition) is 0. The summed E-state index contributed by atoms with van der Waals surface area (Å²) in [5.41, 5.74) is 0. The summed E-state index contributed by atoms with van der Waals surface area (Å²) >= 11 is 7.14. The van der Waals surface area contributed by atoms with Crippen LogP contribution in [0.5, 0.6) is 0 Å². The van der Waals surface area contributed by atoms with Gasteiger partial charge in [0.2, 0.25) is 0 Å². The number of benzene rings is 2. The lowest BCUT2D eigenvalue weighted by molar-refractivity contribution is 1.70. The van der Waals surface area contributed by atoms with Gasteiger partial charge in [-0.2, -0.15) is 0 Å². The van der Waals surface area contributed by atoms with Crippen LogP contribution in [0.15, 0.2) is 57.5 Å². The SMILES string of the molecule is Brc1ccccc1Pc1ccccc1Br.Cl. The molecule has 0 heterocycles. The van der Waals surface area contributed by atoms with Crippen LogP contribution < -0.4 is 10.6 Å². The quantitative estimate of drug-likeness (QED) is 0.683. The van der Waals surface area contributed by atoms with Crippen LogP contribution in [0.3, 0.4) is 0 Å². The molecular weight excluding hydrogens is 370 g/mol. The van der Waals surface area contributed by atoms with Gasteiger partial charge in [-0.15, -0.1) is 12.4 Å². The first-order chi connectivity index (χ1) is 7.27. The Bertz CT molecular complexity index is 431. The molecule has 0 N–H and O–H groups in total. The van der Waals surface area contributed by atoms with Gasteiger partial charge in [-0.1, -0.05) is 76.8 Å². The molecular formula is C12H10Br2ClP. The van der Waals surface area contributed by atoms with Gasteiger partial charge in [0.05, 0.1) is 0 Å². The maximum absolute atomic E-state index is 3.57. The first-order valence-electron chi connectivity index (χ1n) is 4.53. The molecule has 0 radical (unpaired) electrons. The predicted octanol–water partition coefficient (Wildman–Crippen LogP) is 4.26. The smallest absolute Gasteiger partial charge is 0.0252 e. The van der Waals surface area contributed by atoms with Crippen LogP contribution in [0.4, 0.5) is 0 Å². The fourth-order valence-corrected chi connectivity index (χ4v) is 3.49. The molecule has 84 valence electrons. The summed E-state index contributed by atoms with van der Waals surface area (Å²) in [7, 11) is 0.681. The molecule has 2 aromatic carbocycles. The van der Waals surface area contributed by atoms with Crippen LogP contribution in [-0.4, -0.2) is 0 Å². The second-order valence-corrected chi connectivity index (χ2v) is 6.12. The van der Waals surface area contributed by atoms with Crippen molar-refractivity contribution < 1.29 is 0 Å². The minimum Gasteiger partial charge on any atom is -0.147 e. The van der Waals surface area contributed by atoms with Crippen LogP contribution in [0.2, 0.25) is 0 Å². The lowest BCUT2D eigenvalue weighted by Gasteiger charge is -2.06. The molecule has 4 heteroatoms. The van der Waals surface area contributed by atoms with E-state index < -0.39 is 0 Å². The van der Waals surface area contributed by atoms with E-state index in [4.69, 9.17) is 0 Å². The molecule has 2 aromatic rings. The van der Waals surface area contributed by atoms with E-state index in [1.54, 1.807) is 0 Å². The molecule has 0 atom stereocenters. The topological polar surface area (TPSA) is 0 Å². The van der Waals surface area contributed by atoms with Gasteiger partial charge in [-0.3, -0.25) is 0 Å². The van der Waals surface area contributed by atoms with Crippen LogP contribution >= 0.6 is 52.8 Å². The zero-order chi connectivity index (χ0) is 10.7. The van der Waals surface area contributed by atoms with Crippen LogP contribution in [0.1, 0.15) is 0 Å². The summed E-state index contributed by atoms with van der Waals surface area (Å²) in [4.78, 5) is 0. The highest BCUT2D eigenvalue weighted by atomic mass is 79.9. The van der Waals surface area contributed by atoms with E-state index in [-0.39, 0.29) is 12.4 Å². The van der Waals surface area contributed by atoms with Gasteiger partial charge >= 0.3 is 0 Å². The van der Waals surface area contributed by atoms with Gasteiger partial charge in [-0.05, 0) is 22.7 Å². The Labute approximate surface area is 120 Å². The first-order valence-corrected chi connectivity index (χ1v) is 7.12. The molecule has 0 aliphatic carbocycles. The number of rotatable bonds is 2. The molecule has 0 nitrogen and oxygen atoms in total. The third-order valence-corrected chi connectivity index (χ3v) is 5.54. The maximum Gasteiger partial charge on any atom is 0.0252 e. The summed E-state index contributed by atoms with van der Waals surface area (Å²) in [6.45, 7) is 0. The van der Waals surface area contributed by atoms with Crippen molar-refractivity contribution in [3.63, 3.8) is 0 Å². The molecule has 0 saturated carbocycles. The minimum atomic E-state index is 0. The fourth-order valence-electron chi connectivity index (χ4n) is 1.27. The minimum absolute atomic E-state index is 0. The summed E-state index contributed by atoms with van der Waals surface area (Å²) in [6.07, 6.45) is 0. The molecule has 0 bridgehead atoms. The van der Waals surface area contributed by atoms with Crippen molar-refractivity contribution in [2.24, 2.45) is 0 Å². The Balaban J connectivity index is 0.00000128. The lowest BCUT2D eigenvalue weighted by Crippen LogP contribution is -2.05. The second-order valence-electron chi connectivity index (χ2n) is 3.08. The van der Waals surface area contributed by atoms with Crippen molar-refractivity contribution in [2.45, 2.75) is 0 Å². The molecule has 0 amide bonds. The molecule has 2 rings (SSSR count). The van der Waals surface area contributed by atoms with E-state index in [0.717, 1.165) is 0 Å². The third-order valence-electron chi connectivity index (χ3n) is 2.02. The van der Waals surface area contributed by atoms with Crippen molar-refractivity contribution in [3.8, 4) is 0 Å². The van der Waals surface area contributed by atoms with Crippen LogP contribution in [-0.2, 0) is 0 Å². The highest BCUT2D eigenvalue weighted by Gasteiger charge is 2.02. The van der Waals surface area contributed by atoms with Crippen molar-refractivity contribution in [1.29, 1.82) is 0 Å². The summed E-state index contributed by atoms with van der Waals surface area (Å²) in [5, 5.41) is 2.67. The third kappa shape index (κ3) is 3.56. The van der Waals surface area contributed by atoms with Gasteiger partial charge in [0, 0.05) is 8.95 Å². The van der Waals surface area contributed by atoms with E-state index in [1.807, 2.05) is 12.1 Å². The zero-order valence-electron chi connectivity index (χ0n) is 8.28. The number of halogens is 3. The Hall–Kier alpha value is 0.120. The van der Waals surface area contributed by atoms with E-state index >= 15 is 0 Å². The van der Waals surface area contributed by atoms with Crippen molar-refractivity contribution in [3.05, 3.63) is 57.5 Å². The van der Waals surface area contributed by atoms with Crippen molar-refractivity contribution >= 4 is 63.5 Å². The lowest BCUT2D eigenvalue weighted by atomic mass is 10.4. The first kappa shape index (κ1) is 14.2. The van der Waals surface area contributed by atoms with Crippen LogP contribution in [0.25, 0.3) is 0 Å². The molecule has 16 heavy (non-hydrogen) atoms. The molecule has 0 saturated heterocycles. The standard InChI is InChI=1S/C12H9Br2P.ClH/c13-9-5-1-3-7-11(9)15-12-8-4-2-6-10(12)14;/h1-8,15H;1H. The second kappa shape index (κ2) is 6.76. The average molecular weight is 380 g/mol. The van der Waals surface area contributed by atoms with E-state index in [9.17, 15) is 0 Å². The highest BCUT2D eigenvalue weighted by Crippen LogP contribution is 2.21. The maximum atomic E-state index is 3.57. The Morgan fingerprint density at radius 1 is 0.688 bits per heavy atom. The highest BCUT2D eigenvalue weighted by molar-refractivity contribution is 9.11. The van der Waals surface area contributed by atoms with Gasteiger partial charge in [0.25, 0.3) is 0 Å². The van der Waals surface area contributed by atoms with Crippen LogP contribution in [0, 0.1) is 0 Å². The Kier molecular flexibility index (Phi) is 5.99. The summed E-state index contributed by atoms with van der Waals surface area (Å²) in [6, 6.07) is 16.7.